The normalized spacial score (nSPS) is 21.5. The van der Waals surface area contributed by atoms with Gasteiger partial charge in [-0.25, -0.2) is 4.79 Å². The molecule has 0 N–H and O–H groups in total. The summed E-state index contributed by atoms with van der Waals surface area (Å²) in [7, 11) is 4.42. The average Bonchev–Trinajstić information content (AvgIpc) is 3.02. The van der Waals surface area contributed by atoms with E-state index in [0.717, 1.165) is 33.0 Å². The summed E-state index contributed by atoms with van der Waals surface area (Å²) in [4.78, 5) is 57.7. The van der Waals surface area contributed by atoms with Gasteiger partial charge in [-0.15, -0.1) is 0 Å². The number of methoxy groups -OCH3 is 1. The van der Waals surface area contributed by atoms with E-state index >= 15 is 0 Å². The predicted molar refractivity (Wildman–Crippen MR) is 159 cm³/mol. The molecule has 2 fully saturated rings. The van der Waals surface area contributed by atoms with Crippen molar-refractivity contribution < 1.29 is 23.9 Å². The minimum atomic E-state index is -1.52. The van der Waals surface area contributed by atoms with Crippen LogP contribution in [-0.4, -0.2) is 78.0 Å². The maximum atomic E-state index is 14.0. The number of urea groups is 1. The number of hydrogen-bond acceptors (Lipinski definition) is 7. The number of fused-ring (bicyclic) bond motifs is 4. The number of ether oxygens (including phenoxy) is 2. The van der Waals surface area contributed by atoms with Crippen LogP contribution in [0.5, 0.6) is 11.5 Å². The Labute approximate surface area is 250 Å². The van der Waals surface area contributed by atoms with Gasteiger partial charge >= 0.3 is 6.03 Å². The number of carbonyl (C=O) groups excluding carboxylic acids is 3. The second kappa shape index (κ2) is 11.3. The van der Waals surface area contributed by atoms with E-state index in [-0.39, 0.29) is 30.4 Å². The first-order valence-electron chi connectivity index (χ1n) is 14.6. The molecule has 2 aromatic carbocycles. The molecule has 4 heterocycles. The molecule has 2 saturated heterocycles. The maximum Gasteiger partial charge on any atom is 0.332 e. The summed E-state index contributed by atoms with van der Waals surface area (Å²) in [5.74, 6) is 0.335. The highest BCUT2D eigenvalue weighted by Gasteiger charge is 2.56. The Morgan fingerprint density at radius 3 is 2.28 bits per heavy atom. The van der Waals surface area contributed by atoms with Crippen LogP contribution < -0.4 is 15.0 Å². The molecule has 0 radical (unpaired) electrons. The number of benzene rings is 2. The van der Waals surface area contributed by atoms with Crippen LogP contribution in [0.1, 0.15) is 29.2 Å². The molecule has 224 valence electrons. The van der Waals surface area contributed by atoms with Crippen molar-refractivity contribution in [1.29, 1.82) is 0 Å². The molecule has 43 heavy (non-hydrogen) atoms. The molecule has 0 spiro atoms. The topological polar surface area (TPSA) is 101 Å². The zero-order valence-electron chi connectivity index (χ0n) is 24.7. The molecule has 0 unspecified atom stereocenters. The first-order valence-corrected chi connectivity index (χ1v) is 14.6. The molecule has 2 atom stereocenters. The summed E-state index contributed by atoms with van der Waals surface area (Å²) < 4.78 is 13.5. The molecule has 2 bridgehead atoms. The van der Waals surface area contributed by atoms with Crippen LogP contribution in [0.4, 0.5) is 4.79 Å². The van der Waals surface area contributed by atoms with Gasteiger partial charge in [0.1, 0.15) is 12.0 Å². The van der Waals surface area contributed by atoms with E-state index in [1.54, 1.807) is 25.3 Å². The molecule has 3 aliphatic heterocycles. The number of rotatable bonds is 8. The Balaban J connectivity index is 1.32. The van der Waals surface area contributed by atoms with E-state index in [9.17, 15) is 19.2 Å². The summed E-state index contributed by atoms with van der Waals surface area (Å²) >= 11 is 0. The third-order valence-corrected chi connectivity index (χ3v) is 9.02. The number of nitrogens with zero attached hydrogens (tertiary/aromatic N) is 4. The molecular formula is C33H36N4O6. The molecule has 3 aliphatic rings. The van der Waals surface area contributed by atoms with Crippen molar-refractivity contribution in [2.24, 2.45) is 11.3 Å². The molecule has 3 aromatic rings. The van der Waals surface area contributed by atoms with Gasteiger partial charge < -0.3 is 18.9 Å². The average molecular weight is 585 g/mol. The molecule has 6 rings (SSSR count). The first kappa shape index (κ1) is 28.7. The summed E-state index contributed by atoms with van der Waals surface area (Å²) in [5, 5.41) is 0. The monoisotopic (exact) mass is 584 g/mol. The van der Waals surface area contributed by atoms with Crippen LogP contribution in [0.15, 0.2) is 71.5 Å². The summed E-state index contributed by atoms with van der Waals surface area (Å²) in [5.41, 5.74) is 1.18. The van der Waals surface area contributed by atoms with Crippen molar-refractivity contribution in [3.63, 3.8) is 0 Å². The van der Waals surface area contributed by atoms with Gasteiger partial charge in [0.15, 0.2) is 11.5 Å². The fraction of sp³-hybridized carbons (Fsp3) is 0.394. The molecule has 0 aliphatic carbocycles. The number of likely N-dealkylation sites (tertiary alicyclic amines) is 1. The van der Waals surface area contributed by atoms with Gasteiger partial charge in [-0.1, -0.05) is 42.5 Å². The first-order chi connectivity index (χ1) is 20.7. The molecule has 10 heteroatoms. The Bertz CT molecular complexity index is 1600. The van der Waals surface area contributed by atoms with Gasteiger partial charge in [0.2, 0.25) is 11.8 Å². The van der Waals surface area contributed by atoms with Crippen LogP contribution >= 0.6 is 0 Å². The van der Waals surface area contributed by atoms with Crippen LogP contribution in [0, 0.1) is 11.3 Å². The molecule has 10 nitrogen and oxygen atoms in total. The smallest absolute Gasteiger partial charge is 0.332 e. The number of carbonyl (C=O) groups is 3. The lowest BCUT2D eigenvalue weighted by Gasteiger charge is -2.48. The third kappa shape index (κ3) is 5.20. The predicted octanol–water partition coefficient (Wildman–Crippen LogP) is 3.13. The van der Waals surface area contributed by atoms with E-state index in [2.05, 4.69) is 4.90 Å². The number of imide groups is 2. The van der Waals surface area contributed by atoms with Crippen LogP contribution in [-0.2, 0) is 29.2 Å². The lowest BCUT2D eigenvalue weighted by Crippen LogP contribution is -2.67. The quantitative estimate of drug-likeness (QED) is 0.375. The standard InChI is InChI=1S/C33H36N4O6/c1-34-30(39)33(31(40)35(2)32(34)41,21-36-17-24-14-25(19-36)26-10-7-11-29(38)37(26)18-24)16-23-12-13-27(42-3)28(15-23)43-20-22-8-5-4-6-9-22/h4-13,15,24-25H,14,16-21H2,1-3H3/t24-,25+/m0/s1. The van der Waals surface area contributed by atoms with E-state index < -0.39 is 23.3 Å². The fourth-order valence-electron chi connectivity index (χ4n) is 7.01. The molecule has 4 amide bonds. The Hall–Kier alpha value is -4.44. The van der Waals surface area contributed by atoms with Crippen molar-refractivity contribution in [1.82, 2.24) is 19.3 Å². The Morgan fingerprint density at radius 1 is 0.814 bits per heavy atom. The molecule has 0 saturated carbocycles. The largest absolute Gasteiger partial charge is 0.493 e. The van der Waals surface area contributed by atoms with Gasteiger partial charge in [-0.2, -0.15) is 0 Å². The van der Waals surface area contributed by atoms with Crippen molar-refractivity contribution in [2.45, 2.75) is 31.9 Å². The highest BCUT2D eigenvalue weighted by Crippen LogP contribution is 2.40. The van der Waals surface area contributed by atoms with E-state index in [1.165, 1.54) is 14.1 Å². The SMILES string of the molecule is COc1ccc(CC2(CN3C[C@@H]4C[C@H](C3)c3cccc(=O)n3C4)C(=O)N(C)C(=O)N(C)C2=O)cc1OCc1ccccc1. The number of aromatic nitrogens is 1. The summed E-state index contributed by atoms with van der Waals surface area (Å²) in [6.45, 7) is 2.34. The van der Waals surface area contributed by atoms with E-state index in [1.807, 2.05) is 53.1 Å². The number of piperidine rings is 1. The van der Waals surface area contributed by atoms with Gasteiger partial charge in [0, 0.05) is 58.0 Å². The molecule has 1 aromatic heterocycles. The van der Waals surface area contributed by atoms with Crippen molar-refractivity contribution in [3.05, 3.63) is 93.9 Å². The lowest BCUT2D eigenvalue weighted by molar-refractivity contribution is -0.159. The van der Waals surface area contributed by atoms with Crippen molar-refractivity contribution in [3.8, 4) is 11.5 Å². The fourth-order valence-corrected chi connectivity index (χ4v) is 7.01. The van der Waals surface area contributed by atoms with Gasteiger partial charge in [-0.05, 0) is 48.1 Å². The summed E-state index contributed by atoms with van der Waals surface area (Å²) in [6.07, 6.45) is 1.04. The number of hydrogen-bond donors (Lipinski definition) is 0. The molecular weight excluding hydrogens is 548 g/mol. The van der Waals surface area contributed by atoms with Crippen LogP contribution in [0.3, 0.4) is 0 Å². The van der Waals surface area contributed by atoms with Crippen molar-refractivity contribution in [2.75, 3.05) is 40.8 Å². The highest BCUT2D eigenvalue weighted by atomic mass is 16.5. The number of amides is 4. The van der Waals surface area contributed by atoms with E-state index in [0.29, 0.717) is 37.7 Å². The zero-order chi connectivity index (χ0) is 30.3. The maximum absolute atomic E-state index is 14.0. The number of barbiturate groups is 1. The Morgan fingerprint density at radius 2 is 1.56 bits per heavy atom. The van der Waals surface area contributed by atoms with Crippen LogP contribution in [0.2, 0.25) is 0 Å². The zero-order valence-corrected chi connectivity index (χ0v) is 24.7. The lowest BCUT2D eigenvalue weighted by atomic mass is 9.75. The highest BCUT2D eigenvalue weighted by molar-refractivity contribution is 6.19. The number of pyridine rings is 1. The Kier molecular flexibility index (Phi) is 7.56. The van der Waals surface area contributed by atoms with Crippen LogP contribution in [0.25, 0.3) is 0 Å². The second-order valence-electron chi connectivity index (χ2n) is 11.9. The van der Waals surface area contributed by atoms with Gasteiger partial charge in [-0.3, -0.25) is 24.2 Å². The minimum Gasteiger partial charge on any atom is -0.493 e. The van der Waals surface area contributed by atoms with E-state index in [4.69, 9.17) is 9.47 Å². The van der Waals surface area contributed by atoms with Gasteiger partial charge in [0.05, 0.1) is 7.11 Å². The van der Waals surface area contributed by atoms with Gasteiger partial charge in [0.25, 0.3) is 5.56 Å². The minimum absolute atomic E-state index is 0.00121. The third-order valence-electron chi connectivity index (χ3n) is 9.02. The second-order valence-corrected chi connectivity index (χ2v) is 11.9. The van der Waals surface area contributed by atoms with Crippen molar-refractivity contribution >= 4 is 17.8 Å². The summed E-state index contributed by atoms with van der Waals surface area (Å²) in [6, 6.07) is 19.9.